The van der Waals surface area contributed by atoms with E-state index < -0.39 is 11.4 Å². The van der Waals surface area contributed by atoms with Crippen molar-refractivity contribution in [2.45, 2.75) is 57.1 Å². The summed E-state index contributed by atoms with van der Waals surface area (Å²) in [5.41, 5.74) is 1.72. The number of hydrogen-bond donors (Lipinski definition) is 2. The van der Waals surface area contributed by atoms with E-state index in [1.54, 1.807) is 48.5 Å². The summed E-state index contributed by atoms with van der Waals surface area (Å²) in [7, 11) is 0. The third-order valence-corrected chi connectivity index (χ3v) is 8.01. The Kier molecular flexibility index (Phi) is 9.75. The van der Waals surface area contributed by atoms with Crippen LogP contribution in [0.5, 0.6) is 11.6 Å². The van der Waals surface area contributed by atoms with Gasteiger partial charge in [0.1, 0.15) is 5.60 Å². The topological polar surface area (TPSA) is 102 Å². The molecule has 1 amide bonds. The largest absolute Gasteiger partial charge is 0.444 e. The number of rotatable bonds is 8. The standard InChI is InChI=1S/C32H34ClFN6O3S/c1-20-17-22(39-44-27-12-6-5-11-24(27)33)18-25(34)28(20)42-29-23(10-7-14-35-29)26-13-15-36-30(38-26)37-21-9-8-16-40(19-21)31(41)43-32(2,3)4/h5-7,10-15,17-18,21,39H,8-9,16,19H2,1-4H3,(H,36,37,38). The molecule has 5 rings (SSSR count). The van der Waals surface area contributed by atoms with Gasteiger partial charge in [-0.15, -0.1) is 0 Å². The van der Waals surface area contributed by atoms with Crippen molar-refractivity contribution in [1.29, 1.82) is 0 Å². The number of nitrogens with one attached hydrogen (secondary N) is 2. The van der Waals surface area contributed by atoms with Crippen LogP contribution in [0.15, 0.2) is 71.9 Å². The number of carbonyl (C=O) groups excluding carboxylic acids is 1. The number of benzene rings is 2. The first-order valence-corrected chi connectivity index (χ1v) is 15.4. The summed E-state index contributed by atoms with van der Waals surface area (Å²) in [5.74, 6) is 0.136. The highest BCUT2D eigenvalue weighted by Gasteiger charge is 2.28. The van der Waals surface area contributed by atoms with Gasteiger partial charge in [-0.1, -0.05) is 23.7 Å². The molecule has 3 heterocycles. The Bertz CT molecular complexity index is 1610. The molecule has 1 fully saturated rings. The number of halogens is 2. The van der Waals surface area contributed by atoms with Gasteiger partial charge < -0.3 is 24.4 Å². The Hall–Kier alpha value is -4.09. The van der Waals surface area contributed by atoms with Crippen LogP contribution in [0.3, 0.4) is 0 Å². The highest BCUT2D eigenvalue weighted by atomic mass is 35.5. The second-order valence-corrected chi connectivity index (χ2v) is 12.6. The van der Waals surface area contributed by atoms with Gasteiger partial charge in [-0.25, -0.2) is 24.1 Å². The van der Waals surface area contributed by atoms with Crippen molar-refractivity contribution in [2.75, 3.05) is 23.1 Å². The molecule has 9 nitrogen and oxygen atoms in total. The van der Waals surface area contributed by atoms with Crippen LogP contribution < -0.4 is 14.8 Å². The Morgan fingerprint density at radius 1 is 1.11 bits per heavy atom. The first-order valence-electron chi connectivity index (χ1n) is 14.2. The zero-order valence-electron chi connectivity index (χ0n) is 24.9. The molecule has 230 valence electrons. The number of aryl methyl sites for hydroxylation is 1. The molecule has 2 N–H and O–H groups in total. The Labute approximate surface area is 265 Å². The summed E-state index contributed by atoms with van der Waals surface area (Å²) in [6, 6.07) is 15.8. The summed E-state index contributed by atoms with van der Waals surface area (Å²) < 4.78 is 30.1. The Morgan fingerprint density at radius 3 is 2.70 bits per heavy atom. The van der Waals surface area contributed by atoms with Gasteiger partial charge in [0.05, 0.1) is 16.3 Å². The van der Waals surface area contributed by atoms with Crippen LogP contribution in [0, 0.1) is 12.7 Å². The zero-order valence-corrected chi connectivity index (χ0v) is 26.5. The minimum Gasteiger partial charge on any atom is -0.444 e. The van der Waals surface area contributed by atoms with Gasteiger partial charge in [0, 0.05) is 48.2 Å². The van der Waals surface area contributed by atoms with Crippen LogP contribution in [0.4, 0.5) is 20.8 Å². The molecule has 2 aromatic heterocycles. The van der Waals surface area contributed by atoms with Crippen LogP contribution in [-0.2, 0) is 4.74 Å². The zero-order chi connectivity index (χ0) is 31.3. The molecule has 1 aliphatic heterocycles. The lowest BCUT2D eigenvalue weighted by atomic mass is 10.1. The van der Waals surface area contributed by atoms with Crippen molar-refractivity contribution in [3.05, 3.63) is 83.4 Å². The van der Waals surface area contributed by atoms with Crippen molar-refractivity contribution >= 4 is 41.3 Å². The molecule has 0 aliphatic carbocycles. The first kappa shape index (κ1) is 31.3. The lowest BCUT2D eigenvalue weighted by Crippen LogP contribution is -2.47. The highest BCUT2D eigenvalue weighted by molar-refractivity contribution is 8.00. The molecule has 0 saturated carbocycles. The smallest absolute Gasteiger partial charge is 0.410 e. The molecule has 1 unspecified atom stereocenters. The van der Waals surface area contributed by atoms with E-state index in [1.165, 1.54) is 18.0 Å². The number of anilines is 2. The molecule has 0 spiro atoms. The Morgan fingerprint density at radius 2 is 1.93 bits per heavy atom. The average Bonchev–Trinajstić information content (AvgIpc) is 2.98. The second-order valence-electron chi connectivity index (χ2n) is 11.4. The normalized spacial score (nSPS) is 15.0. The van der Waals surface area contributed by atoms with Crippen molar-refractivity contribution in [3.8, 4) is 22.9 Å². The minimum absolute atomic E-state index is 0.0453. The van der Waals surface area contributed by atoms with E-state index in [4.69, 9.17) is 26.1 Å². The molecule has 1 saturated heterocycles. The summed E-state index contributed by atoms with van der Waals surface area (Å²) in [6.07, 6.45) is 4.57. The number of amides is 1. The fourth-order valence-electron chi connectivity index (χ4n) is 4.67. The molecular formula is C32H34ClFN6O3S. The van der Waals surface area contributed by atoms with Crippen LogP contribution in [0.25, 0.3) is 11.3 Å². The summed E-state index contributed by atoms with van der Waals surface area (Å²) in [4.78, 5) is 28.6. The maximum absolute atomic E-state index is 15.3. The number of ether oxygens (including phenoxy) is 2. The average molecular weight is 637 g/mol. The predicted molar refractivity (Wildman–Crippen MR) is 172 cm³/mol. The van der Waals surface area contributed by atoms with Gasteiger partial charge in [0.25, 0.3) is 0 Å². The SMILES string of the molecule is Cc1cc(NSc2ccccc2Cl)cc(F)c1Oc1ncccc1-c1ccnc(NC2CCCN(C(=O)OC(C)(C)C)C2)n1. The predicted octanol–water partition coefficient (Wildman–Crippen LogP) is 8.36. The van der Waals surface area contributed by atoms with Crippen molar-refractivity contribution in [1.82, 2.24) is 19.9 Å². The number of likely N-dealkylation sites (tertiary alicyclic amines) is 1. The number of nitrogens with zero attached hydrogens (tertiary/aromatic N) is 4. The maximum Gasteiger partial charge on any atom is 0.410 e. The van der Waals surface area contributed by atoms with Gasteiger partial charge in [-0.3, -0.25) is 0 Å². The lowest BCUT2D eigenvalue weighted by Gasteiger charge is -2.34. The molecule has 0 bridgehead atoms. The van der Waals surface area contributed by atoms with Crippen molar-refractivity contribution in [3.63, 3.8) is 0 Å². The van der Waals surface area contributed by atoms with Gasteiger partial charge in [-0.05, 0) is 94.4 Å². The van der Waals surface area contributed by atoms with E-state index in [1.807, 2.05) is 45.0 Å². The quantitative estimate of drug-likeness (QED) is 0.185. The van der Waals surface area contributed by atoms with Gasteiger partial charge in [0.15, 0.2) is 11.6 Å². The Balaban J connectivity index is 1.29. The lowest BCUT2D eigenvalue weighted by molar-refractivity contribution is 0.0206. The fourth-order valence-corrected chi connectivity index (χ4v) is 5.58. The molecule has 1 atom stereocenters. The molecule has 2 aromatic carbocycles. The first-order chi connectivity index (χ1) is 21.1. The minimum atomic E-state index is -0.560. The monoisotopic (exact) mass is 636 g/mol. The molecular weight excluding hydrogens is 603 g/mol. The third kappa shape index (κ3) is 8.09. The van der Waals surface area contributed by atoms with E-state index in [-0.39, 0.29) is 23.8 Å². The summed E-state index contributed by atoms with van der Waals surface area (Å²) in [6.45, 7) is 8.44. The maximum atomic E-state index is 15.3. The molecule has 1 aliphatic rings. The third-order valence-electron chi connectivity index (χ3n) is 6.65. The van der Waals surface area contributed by atoms with Crippen molar-refractivity contribution < 1.29 is 18.7 Å². The summed E-state index contributed by atoms with van der Waals surface area (Å²) >= 11 is 7.53. The van der Waals surface area contributed by atoms with Gasteiger partial charge in [0.2, 0.25) is 11.8 Å². The number of carbonyl (C=O) groups is 1. The highest BCUT2D eigenvalue weighted by Crippen LogP contribution is 2.36. The van der Waals surface area contributed by atoms with E-state index in [0.29, 0.717) is 46.6 Å². The van der Waals surface area contributed by atoms with Gasteiger partial charge in [-0.2, -0.15) is 0 Å². The van der Waals surface area contributed by atoms with E-state index in [0.717, 1.165) is 17.7 Å². The number of hydrogen-bond acceptors (Lipinski definition) is 9. The van der Waals surface area contributed by atoms with E-state index in [2.05, 4.69) is 20.0 Å². The molecule has 12 heteroatoms. The van der Waals surface area contributed by atoms with Crippen LogP contribution in [0.1, 0.15) is 39.2 Å². The van der Waals surface area contributed by atoms with Gasteiger partial charge >= 0.3 is 6.09 Å². The molecule has 0 radical (unpaired) electrons. The fraction of sp³-hybridized carbons (Fsp3) is 0.312. The number of aromatic nitrogens is 3. The molecule has 4 aromatic rings. The molecule has 44 heavy (non-hydrogen) atoms. The number of pyridine rings is 1. The van der Waals surface area contributed by atoms with E-state index >= 15 is 4.39 Å². The van der Waals surface area contributed by atoms with Crippen LogP contribution >= 0.6 is 23.5 Å². The van der Waals surface area contributed by atoms with Crippen LogP contribution in [-0.4, -0.2) is 50.7 Å². The van der Waals surface area contributed by atoms with E-state index in [9.17, 15) is 4.79 Å². The second kappa shape index (κ2) is 13.7. The van der Waals surface area contributed by atoms with Crippen molar-refractivity contribution in [2.24, 2.45) is 0 Å². The van der Waals surface area contributed by atoms with Crippen LogP contribution in [0.2, 0.25) is 5.02 Å². The summed E-state index contributed by atoms with van der Waals surface area (Å²) in [5, 5.41) is 3.96. The number of piperidine rings is 1.